The molecule has 1 aromatic rings. The number of aryl methyl sites for hydroxylation is 1. The predicted octanol–water partition coefficient (Wildman–Crippen LogP) is 4.41. The van der Waals surface area contributed by atoms with Crippen LogP contribution in [-0.4, -0.2) is 36.6 Å². The van der Waals surface area contributed by atoms with E-state index in [1.165, 1.54) is 29.0 Å². The van der Waals surface area contributed by atoms with Gasteiger partial charge >= 0.3 is 5.97 Å². The molecule has 0 aromatic carbocycles. The van der Waals surface area contributed by atoms with Crippen molar-refractivity contribution in [1.29, 1.82) is 0 Å². The Hall–Kier alpha value is -0.870. The van der Waals surface area contributed by atoms with E-state index in [0.717, 1.165) is 31.4 Å². The lowest BCUT2D eigenvalue weighted by atomic mass is 9.75. The molecule has 0 unspecified atom stereocenters. The van der Waals surface area contributed by atoms with Crippen LogP contribution < -0.4 is 0 Å². The zero-order valence-corrected chi connectivity index (χ0v) is 15.6. The highest BCUT2D eigenvalue weighted by atomic mass is 32.1. The number of carbonyl (C=O) groups is 1. The maximum absolute atomic E-state index is 12.0. The third-order valence-electron chi connectivity index (χ3n) is 5.61. The highest BCUT2D eigenvalue weighted by Crippen LogP contribution is 2.49. The van der Waals surface area contributed by atoms with Gasteiger partial charge in [0, 0.05) is 16.3 Å². The van der Waals surface area contributed by atoms with Crippen LogP contribution >= 0.6 is 11.3 Å². The zero-order valence-electron chi connectivity index (χ0n) is 14.8. The van der Waals surface area contributed by atoms with Crippen LogP contribution in [0.25, 0.3) is 0 Å². The van der Waals surface area contributed by atoms with Gasteiger partial charge in [-0.2, -0.15) is 0 Å². The first kappa shape index (κ1) is 17.0. The quantitative estimate of drug-likeness (QED) is 0.886. The number of fused-ring (bicyclic) bond motifs is 1. The van der Waals surface area contributed by atoms with Gasteiger partial charge in [0.25, 0.3) is 0 Å². The van der Waals surface area contributed by atoms with Gasteiger partial charge in [-0.15, -0.1) is 11.3 Å². The van der Waals surface area contributed by atoms with E-state index in [2.05, 4.69) is 32.8 Å². The summed E-state index contributed by atoms with van der Waals surface area (Å²) < 4.78 is 0. The first-order chi connectivity index (χ1) is 10.8. The summed E-state index contributed by atoms with van der Waals surface area (Å²) in [6.45, 7) is 5.60. The molecule has 1 fully saturated rings. The first-order valence-electron chi connectivity index (χ1n) is 8.81. The molecule has 2 aliphatic carbocycles. The van der Waals surface area contributed by atoms with E-state index in [1.54, 1.807) is 0 Å². The van der Waals surface area contributed by atoms with Crippen LogP contribution in [0.2, 0.25) is 0 Å². The molecule has 0 bridgehead atoms. The Balaban J connectivity index is 2.00. The molecular formula is C19H29NO2S. The van der Waals surface area contributed by atoms with Gasteiger partial charge in [-0.25, -0.2) is 4.79 Å². The number of carboxylic acids is 1. The van der Waals surface area contributed by atoms with Crippen molar-refractivity contribution < 1.29 is 9.90 Å². The fraction of sp³-hybridized carbons (Fsp3) is 0.737. The Bertz CT molecular complexity index is 603. The smallest absolute Gasteiger partial charge is 0.337 e. The van der Waals surface area contributed by atoms with Crippen molar-refractivity contribution in [3.05, 3.63) is 20.9 Å². The van der Waals surface area contributed by atoms with Gasteiger partial charge in [-0.3, -0.25) is 0 Å². The molecule has 4 heteroatoms. The SMILES string of the molecule is CN(C)C[C@@H]1CCC[C@H]1c1sc2c(c1C(=O)O)CC(C)(C)CC2. The van der Waals surface area contributed by atoms with Crippen molar-refractivity contribution in [2.45, 2.75) is 58.3 Å². The number of hydrogen-bond donors (Lipinski definition) is 1. The zero-order chi connectivity index (χ0) is 16.8. The lowest BCUT2D eigenvalue weighted by Gasteiger charge is -2.29. The summed E-state index contributed by atoms with van der Waals surface area (Å²) in [5, 5.41) is 9.91. The number of nitrogens with zero attached hydrogens (tertiary/aromatic N) is 1. The molecule has 0 saturated heterocycles. The molecule has 1 N–H and O–H groups in total. The van der Waals surface area contributed by atoms with Crippen molar-refractivity contribution in [3.8, 4) is 0 Å². The van der Waals surface area contributed by atoms with Crippen LogP contribution in [-0.2, 0) is 12.8 Å². The van der Waals surface area contributed by atoms with E-state index < -0.39 is 5.97 Å². The number of hydrogen-bond acceptors (Lipinski definition) is 3. The summed E-state index contributed by atoms with van der Waals surface area (Å²) >= 11 is 1.82. The molecule has 0 amide bonds. The minimum absolute atomic E-state index is 0.230. The van der Waals surface area contributed by atoms with E-state index in [9.17, 15) is 9.90 Å². The molecule has 3 rings (SSSR count). The maximum atomic E-state index is 12.0. The molecule has 0 aliphatic heterocycles. The second-order valence-electron chi connectivity index (χ2n) is 8.45. The van der Waals surface area contributed by atoms with Crippen molar-refractivity contribution in [2.75, 3.05) is 20.6 Å². The van der Waals surface area contributed by atoms with Crippen LogP contribution in [0.1, 0.15) is 71.1 Å². The average Bonchev–Trinajstić information content (AvgIpc) is 3.00. The number of aromatic carboxylic acids is 1. The highest BCUT2D eigenvalue weighted by Gasteiger charge is 2.38. The Morgan fingerprint density at radius 1 is 1.35 bits per heavy atom. The van der Waals surface area contributed by atoms with E-state index in [4.69, 9.17) is 0 Å². The summed E-state index contributed by atoms with van der Waals surface area (Å²) in [5.41, 5.74) is 2.06. The van der Waals surface area contributed by atoms with Crippen molar-refractivity contribution >= 4 is 17.3 Å². The summed E-state index contributed by atoms with van der Waals surface area (Å²) in [6.07, 6.45) is 6.77. The Morgan fingerprint density at radius 3 is 2.74 bits per heavy atom. The molecule has 23 heavy (non-hydrogen) atoms. The van der Waals surface area contributed by atoms with Gasteiger partial charge in [0.1, 0.15) is 0 Å². The molecule has 1 saturated carbocycles. The van der Waals surface area contributed by atoms with Crippen LogP contribution in [0, 0.1) is 11.3 Å². The van der Waals surface area contributed by atoms with Gasteiger partial charge in [0.05, 0.1) is 5.56 Å². The first-order valence-corrected chi connectivity index (χ1v) is 9.62. The van der Waals surface area contributed by atoms with Crippen molar-refractivity contribution in [2.24, 2.45) is 11.3 Å². The Kier molecular flexibility index (Phi) is 4.58. The van der Waals surface area contributed by atoms with Crippen LogP contribution in [0.5, 0.6) is 0 Å². The standard InChI is InChI=1S/C19H29NO2S/c1-19(2)9-8-15-14(10-19)16(18(21)22)17(23-15)13-7-5-6-12(13)11-20(3)4/h12-13H,5-11H2,1-4H3,(H,21,22)/t12-,13+/m0/s1. The minimum atomic E-state index is -0.703. The second kappa shape index (κ2) is 6.21. The third kappa shape index (κ3) is 3.34. The largest absolute Gasteiger partial charge is 0.478 e. The molecular weight excluding hydrogens is 306 g/mol. The molecule has 0 radical (unpaired) electrons. The van der Waals surface area contributed by atoms with Crippen LogP contribution in [0.4, 0.5) is 0 Å². The molecule has 2 aliphatic rings. The van der Waals surface area contributed by atoms with Crippen molar-refractivity contribution in [3.63, 3.8) is 0 Å². The number of rotatable bonds is 4. The van der Waals surface area contributed by atoms with Gasteiger partial charge in [0.2, 0.25) is 0 Å². The summed E-state index contributed by atoms with van der Waals surface area (Å²) in [5.74, 6) is 0.351. The molecule has 3 nitrogen and oxygen atoms in total. The molecule has 1 aromatic heterocycles. The van der Waals surface area contributed by atoms with Crippen molar-refractivity contribution in [1.82, 2.24) is 4.90 Å². The fourth-order valence-corrected chi connectivity index (χ4v) is 6.05. The lowest BCUT2D eigenvalue weighted by molar-refractivity contribution is 0.0693. The third-order valence-corrected chi connectivity index (χ3v) is 7.04. The Labute approximate surface area is 143 Å². The van der Waals surface area contributed by atoms with Gasteiger partial charge in [0.15, 0.2) is 0 Å². The van der Waals surface area contributed by atoms with Crippen LogP contribution in [0.15, 0.2) is 0 Å². The van der Waals surface area contributed by atoms with Gasteiger partial charge in [-0.05, 0) is 69.0 Å². The van der Waals surface area contributed by atoms with E-state index >= 15 is 0 Å². The second-order valence-corrected chi connectivity index (χ2v) is 9.59. The highest BCUT2D eigenvalue weighted by molar-refractivity contribution is 7.12. The van der Waals surface area contributed by atoms with E-state index in [-0.39, 0.29) is 5.41 Å². The summed E-state index contributed by atoms with van der Waals surface area (Å²) in [4.78, 5) is 16.8. The molecule has 1 heterocycles. The summed E-state index contributed by atoms with van der Waals surface area (Å²) in [7, 11) is 4.24. The number of carboxylic acid groups (broad SMARTS) is 1. The lowest BCUT2D eigenvalue weighted by Crippen LogP contribution is -2.24. The average molecular weight is 336 g/mol. The fourth-order valence-electron chi connectivity index (χ4n) is 4.51. The number of thiophene rings is 1. The molecule has 2 atom stereocenters. The van der Waals surface area contributed by atoms with E-state index in [0.29, 0.717) is 17.4 Å². The topological polar surface area (TPSA) is 40.5 Å². The normalized spacial score (nSPS) is 26.5. The minimum Gasteiger partial charge on any atom is -0.478 e. The summed E-state index contributed by atoms with van der Waals surface area (Å²) in [6, 6.07) is 0. The maximum Gasteiger partial charge on any atom is 0.337 e. The predicted molar refractivity (Wildman–Crippen MR) is 95.7 cm³/mol. The van der Waals surface area contributed by atoms with Gasteiger partial charge in [-0.1, -0.05) is 20.3 Å². The van der Waals surface area contributed by atoms with Crippen LogP contribution in [0.3, 0.4) is 0 Å². The molecule has 128 valence electrons. The Morgan fingerprint density at radius 2 is 2.09 bits per heavy atom. The molecule has 0 spiro atoms. The van der Waals surface area contributed by atoms with Gasteiger partial charge < -0.3 is 10.0 Å². The monoisotopic (exact) mass is 335 g/mol. The van der Waals surface area contributed by atoms with E-state index in [1.807, 2.05) is 11.3 Å².